The summed E-state index contributed by atoms with van der Waals surface area (Å²) in [5.41, 5.74) is 5.67. The normalized spacial score (nSPS) is 13.9. The fourth-order valence-electron chi connectivity index (χ4n) is 1.21. The average Bonchev–Trinajstić information content (AvgIpc) is 2.17. The molecule has 0 heterocycles. The van der Waals surface area contributed by atoms with Crippen LogP contribution in [0, 0.1) is 0 Å². The van der Waals surface area contributed by atoms with Crippen LogP contribution >= 0.6 is 12.4 Å². The summed E-state index contributed by atoms with van der Waals surface area (Å²) in [6.45, 7) is 4.57. The van der Waals surface area contributed by atoms with E-state index in [0.717, 1.165) is 19.3 Å². The quantitative estimate of drug-likeness (QED) is 0.698. The number of nitrogens with two attached hydrogens (primary N) is 1. The van der Waals surface area contributed by atoms with Gasteiger partial charge in [0.15, 0.2) is 0 Å². The molecule has 3 N–H and O–H groups in total. The first-order chi connectivity index (χ1) is 6.65. The first-order valence-corrected chi connectivity index (χ1v) is 5.20. The number of amides is 1. The molecular formula is C10H23ClN2O2. The van der Waals surface area contributed by atoms with Crippen LogP contribution < -0.4 is 11.1 Å². The molecule has 5 heteroatoms. The van der Waals surface area contributed by atoms with Gasteiger partial charge in [0, 0.05) is 7.11 Å². The minimum Gasteiger partial charge on any atom is -0.383 e. The molecule has 15 heavy (non-hydrogen) atoms. The van der Waals surface area contributed by atoms with Gasteiger partial charge in [-0.1, -0.05) is 20.3 Å². The molecule has 0 rings (SSSR count). The third-order valence-corrected chi connectivity index (χ3v) is 2.14. The summed E-state index contributed by atoms with van der Waals surface area (Å²) >= 11 is 0. The second-order valence-electron chi connectivity index (χ2n) is 3.46. The first kappa shape index (κ1) is 17.1. The van der Waals surface area contributed by atoms with Crippen molar-refractivity contribution in [3.05, 3.63) is 0 Å². The Morgan fingerprint density at radius 2 is 2.07 bits per heavy atom. The highest BCUT2D eigenvalue weighted by molar-refractivity contribution is 5.85. The Kier molecular flexibility index (Phi) is 11.6. The third kappa shape index (κ3) is 7.59. The van der Waals surface area contributed by atoms with Crippen molar-refractivity contribution < 1.29 is 9.53 Å². The number of carbonyl (C=O) groups excluding carboxylic acids is 1. The van der Waals surface area contributed by atoms with Gasteiger partial charge in [0.25, 0.3) is 0 Å². The van der Waals surface area contributed by atoms with Crippen LogP contribution in [0.5, 0.6) is 0 Å². The molecule has 0 aromatic carbocycles. The van der Waals surface area contributed by atoms with Gasteiger partial charge in [-0.05, 0) is 12.8 Å². The van der Waals surface area contributed by atoms with Crippen molar-refractivity contribution in [1.29, 1.82) is 0 Å². The molecule has 0 aliphatic heterocycles. The summed E-state index contributed by atoms with van der Waals surface area (Å²) < 4.78 is 4.98. The van der Waals surface area contributed by atoms with Gasteiger partial charge < -0.3 is 15.8 Å². The van der Waals surface area contributed by atoms with E-state index in [1.807, 2.05) is 13.8 Å². The Morgan fingerprint density at radius 3 is 2.47 bits per heavy atom. The number of methoxy groups -OCH3 is 1. The first-order valence-electron chi connectivity index (χ1n) is 5.20. The zero-order valence-electron chi connectivity index (χ0n) is 9.79. The van der Waals surface area contributed by atoms with Crippen LogP contribution in [0.1, 0.15) is 33.1 Å². The minimum atomic E-state index is -0.383. The number of hydrogen-bond acceptors (Lipinski definition) is 3. The van der Waals surface area contributed by atoms with Gasteiger partial charge in [0.1, 0.15) is 0 Å². The Hall–Kier alpha value is -0.320. The summed E-state index contributed by atoms with van der Waals surface area (Å²) in [6.07, 6.45) is 2.52. The number of carbonyl (C=O) groups is 1. The largest absolute Gasteiger partial charge is 0.383 e. The van der Waals surface area contributed by atoms with Gasteiger partial charge in [-0.3, -0.25) is 4.79 Å². The fraction of sp³-hybridized carbons (Fsp3) is 0.900. The van der Waals surface area contributed by atoms with Crippen LogP contribution in [0.2, 0.25) is 0 Å². The Balaban J connectivity index is 0. The van der Waals surface area contributed by atoms with Crippen LogP contribution in [-0.4, -0.2) is 31.7 Å². The maximum absolute atomic E-state index is 11.5. The highest BCUT2D eigenvalue weighted by Crippen LogP contribution is 1.96. The van der Waals surface area contributed by atoms with Crippen molar-refractivity contribution in [3.63, 3.8) is 0 Å². The second kappa shape index (κ2) is 10.2. The highest BCUT2D eigenvalue weighted by Gasteiger charge is 2.15. The van der Waals surface area contributed by atoms with Gasteiger partial charge in [0.05, 0.1) is 18.7 Å². The molecular weight excluding hydrogens is 216 g/mol. The molecule has 4 nitrogen and oxygen atoms in total. The second-order valence-corrected chi connectivity index (χ2v) is 3.46. The van der Waals surface area contributed by atoms with Crippen molar-refractivity contribution in [1.82, 2.24) is 5.32 Å². The monoisotopic (exact) mass is 238 g/mol. The molecule has 0 bridgehead atoms. The molecule has 0 spiro atoms. The number of rotatable bonds is 7. The standard InChI is InChI=1S/C10H22N2O2.ClH/c1-4-6-9(11)10(13)12-8(5-2)7-14-3;/h8-9H,4-7,11H2,1-3H3,(H,12,13);1H. The van der Waals surface area contributed by atoms with Crippen LogP contribution in [0.3, 0.4) is 0 Å². The Bertz CT molecular complexity index is 168. The van der Waals surface area contributed by atoms with Gasteiger partial charge >= 0.3 is 0 Å². The smallest absolute Gasteiger partial charge is 0.237 e. The SMILES string of the molecule is CCCC(N)C(=O)NC(CC)COC.Cl. The van der Waals surface area contributed by atoms with E-state index in [4.69, 9.17) is 10.5 Å². The van der Waals surface area contributed by atoms with Gasteiger partial charge in [-0.2, -0.15) is 0 Å². The molecule has 0 fully saturated rings. The van der Waals surface area contributed by atoms with E-state index in [9.17, 15) is 4.79 Å². The summed E-state index contributed by atoms with van der Waals surface area (Å²) in [7, 11) is 1.63. The Morgan fingerprint density at radius 1 is 1.47 bits per heavy atom. The van der Waals surface area contributed by atoms with Gasteiger partial charge in [-0.25, -0.2) is 0 Å². The Labute approximate surface area is 98.3 Å². The van der Waals surface area contributed by atoms with Crippen molar-refractivity contribution in [2.75, 3.05) is 13.7 Å². The van der Waals surface area contributed by atoms with E-state index < -0.39 is 0 Å². The molecule has 0 aliphatic carbocycles. The maximum atomic E-state index is 11.5. The van der Waals surface area contributed by atoms with E-state index in [-0.39, 0.29) is 30.4 Å². The predicted molar refractivity (Wildman–Crippen MR) is 64.2 cm³/mol. The molecule has 2 unspecified atom stereocenters. The van der Waals surface area contributed by atoms with Crippen molar-refractivity contribution in [3.8, 4) is 0 Å². The molecule has 92 valence electrons. The number of hydrogen-bond donors (Lipinski definition) is 2. The number of ether oxygens (including phenoxy) is 1. The number of halogens is 1. The predicted octanol–water partition coefficient (Wildman–Crippen LogP) is 1.08. The van der Waals surface area contributed by atoms with Crippen molar-refractivity contribution in [2.45, 2.75) is 45.2 Å². The molecule has 0 saturated carbocycles. The summed E-state index contributed by atoms with van der Waals surface area (Å²) in [4.78, 5) is 11.5. The van der Waals surface area contributed by atoms with E-state index in [0.29, 0.717) is 6.61 Å². The lowest BCUT2D eigenvalue weighted by molar-refractivity contribution is -0.123. The topological polar surface area (TPSA) is 64.4 Å². The zero-order chi connectivity index (χ0) is 11.0. The summed E-state index contributed by atoms with van der Waals surface area (Å²) in [5, 5.41) is 2.86. The van der Waals surface area contributed by atoms with E-state index in [1.165, 1.54) is 0 Å². The molecule has 0 saturated heterocycles. The van der Waals surface area contributed by atoms with Crippen molar-refractivity contribution in [2.24, 2.45) is 5.73 Å². The third-order valence-electron chi connectivity index (χ3n) is 2.14. The van der Waals surface area contributed by atoms with Gasteiger partial charge in [-0.15, -0.1) is 12.4 Å². The lowest BCUT2D eigenvalue weighted by Crippen LogP contribution is -2.46. The maximum Gasteiger partial charge on any atom is 0.237 e. The molecule has 2 atom stereocenters. The van der Waals surface area contributed by atoms with Gasteiger partial charge in [0.2, 0.25) is 5.91 Å². The molecule has 0 aromatic rings. The molecule has 0 radical (unpaired) electrons. The summed E-state index contributed by atoms with van der Waals surface area (Å²) in [5.74, 6) is -0.0734. The fourth-order valence-corrected chi connectivity index (χ4v) is 1.21. The van der Waals surface area contributed by atoms with Crippen LogP contribution in [0.15, 0.2) is 0 Å². The van der Waals surface area contributed by atoms with E-state index >= 15 is 0 Å². The minimum absolute atomic E-state index is 0. The lowest BCUT2D eigenvalue weighted by atomic mass is 10.1. The van der Waals surface area contributed by atoms with Crippen LogP contribution in [-0.2, 0) is 9.53 Å². The highest BCUT2D eigenvalue weighted by atomic mass is 35.5. The van der Waals surface area contributed by atoms with Crippen LogP contribution in [0.25, 0.3) is 0 Å². The van der Waals surface area contributed by atoms with Crippen molar-refractivity contribution >= 4 is 18.3 Å². The zero-order valence-corrected chi connectivity index (χ0v) is 10.6. The summed E-state index contributed by atoms with van der Waals surface area (Å²) in [6, 6.07) is -0.304. The van der Waals surface area contributed by atoms with E-state index in [1.54, 1.807) is 7.11 Å². The molecule has 0 aliphatic rings. The lowest BCUT2D eigenvalue weighted by Gasteiger charge is -2.18. The molecule has 0 aromatic heterocycles. The van der Waals surface area contributed by atoms with E-state index in [2.05, 4.69) is 5.32 Å². The molecule has 1 amide bonds. The number of nitrogens with one attached hydrogen (secondary N) is 1. The average molecular weight is 239 g/mol. The van der Waals surface area contributed by atoms with Crippen LogP contribution in [0.4, 0.5) is 0 Å².